The standard InChI is InChI=1S/C11H14ClN3S2/c12-8-9-10(13-11-15(9)4-7-17-11)14-2-1-5-16-6-3-14/h4,7H,1-3,5-6,8H2. The second kappa shape index (κ2) is 5.08. The third-order valence-corrected chi connectivity index (χ3v) is 5.05. The van der Waals surface area contributed by atoms with Crippen LogP contribution in [0, 0.1) is 0 Å². The molecular formula is C11H14ClN3S2. The summed E-state index contributed by atoms with van der Waals surface area (Å²) in [6.45, 7) is 2.18. The number of thiazole rings is 1. The van der Waals surface area contributed by atoms with Crippen LogP contribution in [0.3, 0.4) is 0 Å². The highest BCUT2D eigenvalue weighted by molar-refractivity contribution is 7.99. The number of imidazole rings is 1. The molecule has 3 nitrogen and oxygen atoms in total. The van der Waals surface area contributed by atoms with Crippen molar-refractivity contribution in [3.8, 4) is 0 Å². The van der Waals surface area contributed by atoms with Crippen molar-refractivity contribution < 1.29 is 0 Å². The van der Waals surface area contributed by atoms with Gasteiger partial charge in [-0.25, -0.2) is 4.98 Å². The van der Waals surface area contributed by atoms with E-state index in [-0.39, 0.29) is 0 Å². The Bertz CT molecular complexity index is 500. The second-order valence-corrected chi connectivity index (χ2v) is 6.39. The lowest BCUT2D eigenvalue weighted by Crippen LogP contribution is -2.26. The number of nitrogens with zero attached hydrogens (tertiary/aromatic N) is 3. The highest BCUT2D eigenvalue weighted by Gasteiger charge is 2.19. The maximum Gasteiger partial charge on any atom is 0.195 e. The molecule has 0 atom stereocenters. The smallest absolute Gasteiger partial charge is 0.195 e. The first-order valence-electron chi connectivity index (χ1n) is 5.73. The van der Waals surface area contributed by atoms with Gasteiger partial charge in [0, 0.05) is 30.4 Å². The van der Waals surface area contributed by atoms with E-state index in [1.807, 2.05) is 11.8 Å². The summed E-state index contributed by atoms with van der Waals surface area (Å²) in [5.74, 6) is 4.06. The molecule has 0 saturated carbocycles. The van der Waals surface area contributed by atoms with E-state index in [0.717, 1.165) is 29.6 Å². The van der Waals surface area contributed by atoms with E-state index in [1.54, 1.807) is 11.3 Å². The average Bonchev–Trinajstić information content (AvgIpc) is 2.80. The second-order valence-electron chi connectivity index (χ2n) is 4.02. The Balaban J connectivity index is 1.99. The molecule has 0 spiro atoms. The van der Waals surface area contributed by atoms with E-state index >= 15 is 0 Å². The maximum atomic E-state index is 6.08. The molecule has 6 heteroatoms. The zero-order valence-electron chi connectivity index (χ0n) is 9.43. The van der Waals surface area contributed by atoms with Crippen LogP contribution in [0.15, 0.2) is 11.6 Å². The fourth-order valence-electron chi connectivity index (χ4n) is 2.16. The summed E-state index contributed by atoms with van der Waals surface area (Å²) in [4.78, 5) is 8.16. The van der Waals surface area contributed by atoms with Crippen LogP contribution in [0.5, 0.6) is 0 Å². The topological polar surface area (TPSA) is 20.5 Å². The number of thioether (sulfide) groups is 1. The van der Waals surface area contributed by atoms with E-state index in [0.29, 0.717) is 5.88 Å². The van der Waals surface area contributed by atoms with Crippen molar-refractivity contribution in [3.05, 3.63) is 17.3 Å². The molecule has 3 heterocycles. The molecule has 0 aromatic carbocycles. The van der Waals surface area contributed by atoms with Crippen LogP contribution in [0.1, 0.15) is 12.1 Å². The lowest BCUT2D eigenvalue weighted by molar-refractivity contribution is 0.800. The SMILES string of the molecule is ClCc1c(N2CCCSCC2)nc2sccn12. The summed E-state index contributed by atoms with van der Waals surface area (Å²) in [6, 6.07) is 0. The Hall–Kier alpha value is -0.390. The summed E-state index contributed by atoms with van der Waals surface area (Å²) < 4.78 is 2.12. The van der Waals surface area contributed by atoms with Gasteiger partial charge in [-0.2, -0.15) is 11.8 Å². The summed E-state index contributed by atoms with van der Waals surface area (Å²) in [5.41, 5.74) is 1.13. The van der Waals surface area contributed by atoms with Crippen LogP contribution >= 0.6 is 34.7 Å². The highest BCUT2D eigenvalue weighted by Crippen LogP contribution is 2.27. The molecule has 0 amide bonds. The van der Waals surface area contributed by atoms with Gasteiger partial charge in [0.2, 0.25) is 0 Å². The van der Waals surface area contributed by atoms with Gasteiger partial charge >= 0.3 is 0 Å². The first-order valence-corrected chi connectivity index (χ1v) is 8.30. The van der Waals surface area contributed by atoms with Crippen molar-refractivity contribution in [2.24, 2.45) is 0 Å². The third-order valence-electron chi connectivity index (χ3n) is 2.99. The Morgan fingerprint density at radius 1 is 1.35 bits per heavy atom. The zero-order valence-corrected chi connectivity index (χ0v) is 11.8. The Kier molecular flexibility index (Phi) is 3.49. The number of halogens is 1. The van der Waals surface area contributed by atoms with Crippen molar-refractivity contribution in [2.75, 3.05) is 29.5 Å². The monoisotopic (exact) mass is 287 g/mol. The van der Waals surface area contributed by atoms with Crippen LogP contribution in [0.4, 0.5) is 5.82 Å². The number of aromatic nitrogens is 2. The quantitative estimate of drug-likeness (QED) is 0.792. The number of fused-ring (bicyclic) bond motifs is 1. The molecule has 2 aromatic rings. The van der Waals surface area contributed by atoms with Crippen molar-refractivity contribution >= 4 is 45.5 Å². The fourth-order valence-corrected chi connectivity index (χ4v) is 4.02. The summed E-state index contributed by atoms with van der Waals surface area (Å²) in [6.07, 6.45) is 3.29. The molecule has 1 aliphatic rings. The van der Waals surface area contributed by atoms with E-state index < -0.39 is 0 Å². The van der Waals surface area contributed by atoms with E-state index in [1.165, 1.54) is 17.9 Å². The van der Waals surface area contributed by atoms with Crippen LogP contribution in [0.25, 0.3) is 4.96 Å². The molecule has 0 aliphatic carbocycles. The predicted molar refractivity (Wildman–Crippen MR) is 76.8 cm³/mol. The fraction of sp³-hybridized carbons (Fsp3) is 0.545. The molecule has 2 aromatic heterocycles. The first kappa shape index (κ1) is 11.7. The average molecular weight is 288 g/mol. The Morgan fingerprint density at radius 3 is 3.18 bits per heavy atom. The number of hydrogen-bond acceptors (Lipinski definition) is 4. The minimum Gasteiger partial charge on any atom is -0.354 e. The minimum absolute atomic E-state index is 0.525. The highest BCUT2D eigenvalue weighted by atomic mass is 35.5. The van der Waals surface area contributed by atoms with Gasteiger partial charge in [0.1, 0.15) is 0 Å². The van der Waals surface area contributed by atoms with Crippen LogP contribution < -0.4 is 4.90 Å². The van der Waals surface area contributed by atoms with Gasteiger partial charge in [-0.3, -0.25) is 4.40 Å². The molecule has 0 bridgehead atoms. The lowest BCUT2D eigenvalue weighted by Gasteiger charge is -2.20. The van der Waals surface area contributed by atoms with Gasteiger partial charge in [-0.1, -0.05) is 0 Å². The Morgan fingerprint density at radius 2 is 2.29 bits per heavy atom. The Labute approximate surface area is 114 Å². The van der Waals surface area contributed by atoms with Crippen molar-refractivity contribution in [1.82, 2.24) is 9.38 Å². The lowest BCUT2D eigenvalue weighted by atomic mass is 10.3. The van der Waals surface area contributed by atoms with Crippen LogP contribution in [0.2, 0.25) is 0 Å². The van der Waals surface area contributed by atoms with Crippen molar-refractivity contribution in [1.29, 1.82) is 0 Å². The van der Waals surface area contributed by atoms with Gasteiger partial charge in [0.05, 0.1) is 11.6 Å². The van der Waals surface area contributed by atoms with Crippen molar-refractivity contribution in [3.63, 3.8) is 0 Å². The zero-order chi connectivity index (χ0) is 11.7. The van der Waals surface area contributed by atoms with Gasteiger partial charge in [-0.15, -0.1) is 22.9 Å². The predicted octanol–water partition coefficient (Wildman–Crippen LogP) is 3.08. The van der Waals surface area contributed by atoms with Gasteiger partial charge in [-0.05, 0) is 12.2 Å². The number of hydrogen-bond donors (Lipinski definition) is 0. The third kappa shape index (κ3) is 2.16. The van der Waals surface area contributed by atoms with Crippen LogP contribution in [-0.2, 0) is 5.88 Å². The maximum absolute atomic E-state index is 6.08. The number of anilines is 1. The molecular weight excluding hydrogens is 274 g/mol. The molecule has 3 rings (SSSR count). The molecule has 0 radical (unpaired) electrons. The van der Waals surface area contributed by atoms with E-state index in [9.17, 15) is 0 Å². The number of rotatable bonds is 2. The molecule has 1 aliphatic heterocycles. The largest absolute Gasteiger partial charge is 0.354 e. The molecule has 0 N–H and O–H groups in total. The molecule has 0 unspecified atom stereocenters. The normalized spacial score (nSPS) is 17.6. The van der Waals surface area contributed by atoms with Crippen molar-refractivity contribution in [2.45, 2.75) is 12.3 Å². The van der Waals surface area contributed by atoms with Gasteiger partial charge < -0.3 is 4.90 Å². The summed E-state index contributed by atoms with van der Waals surface area (Å²) in [7, 11) is 0. The van der Waals surface area contributed by atoms with Gasteiger partial charge in [0.25, 0.3) is 0 Å². The molecule has 17 heavy (non-hydrogen) atoms. The molecule has 1 fully saturated rings. The van der Waals surface area contributed by atoms with Gasteiger partial charge in [0.15, 0.2) is 10.8 Å². The van der Waals surface area contributed by atoms with E-state index in [4.69, 9.17) is 16.6 Å². The summed E-state index contributed by atoms with van der Waals surface area (Å²) >= 11 is 9.78. The minimum atomic E-state index is 0.525. The molecule has 1 saturated heterocycles. The number of alkyl halides is 1. The molecule has 92 valence electrons. The van der Waals surface area contributed by atoms with E-state index in [2.05, 4.69) is 20.9 Å². The first-order chi connectivity index (χ1) is 8.40. The van der Waals surface area contributed by atoms with Crippen LogP contribution in [-0.4, -0.2) is 34.0 Å². The summed E-state index contributed by atoms with van der Waals surface area (Å²) in [5, 5.41) is 2.06.